The molecular weight excluding hydrogens is 264 g/mol. The van der Waals surface area contributed by atoms with E-state index in [0.29, 0.717) is 24.9 Å². The van der Waals surface area contributed by atoms with Crippen LogP contribution in [0.15, 0.2) is 18.2 Å². The lowest BCUT2D eigenvalue weighted by atomic mass is 9.88. The minimum Gasteiger partial charge on any atom is -0.486 e. The van der Waals surface area contributed by atoms with Gasteiger partial charge in [0.1, 0.15) is 11.9 Å². The zero-order chi connectivity index (χ0) is 15.6. The third-order valence-corrected chi connectivity index (χ3v) is 3.99. The molecule has 0 spiro atoms. The van der Waals surface area contributed by atoms with Gasteiger partial charge < -0.3 is 9.47 Å². The average Bonchev–Trinajstić information content (AvgIpc) is 2.44. The summed E-state index contributed by atoms with van der Waals surface area (Å²) in [4.78, 5) is 11.7. The number of ketones is 1. The molecule has 1 fully saturated rings. The fourth-order valence-corrected chi connectivity index (χ4v) is 2.72. The molecule has 0 bridgehead atoms. The highest BCUT2D eigenvalue weighted by Gasteiger charge is 2.43. The first-order valence-corrected chi connectivity index (χ1v) is 7.89. The van der Waals surface area contributed by atoms with Crippen molar-refractivity contribution in [1.29, 1.82) is 0 Å². The smallest absolute Gasteiger partial charge is 0.169 e. The van der Waals surface area contributed by atoms with Crippen LogP contribution in [0.5, 0.6) is 5.75 Å². The standard InChI is InChI=1S/C18H26O3/c1-6-20-18-15(19)10-16(18)21-17-13(11(2)3)8-7-9-14(17)12(4)5/h7-9,11-12,16,18H,6,10H2,1-5H3. The molecule has 116 valence electrons. The second-order valence-electron chi connectivity index (χ2n) is 6.28. The monoisotopic (exact) mass is 290 g/mol. The molecule has 0 aromatic heterocycles. The Bertz CT molecular complexity index is 479. The molecule has 0 N–H and O–H groups in total. The highest BCUT2D eigenvalue weighted by molar-refractivity contribution is 5.90. The van der Waals surface area contributed by atoms with E-state index >= 15 is 0 Å². The van der Waals surface area contributed by atoms with Gasteiger partial charge in [-0.3, -0.25) is 4.79 Å². The lowest BCUT2D eigenvalue weighted by Crippen LogP contribution is -2.52. The van der Waals surface area contributed by atoms with Crippen LogP contribution >= 0.6 is 0 Å². The van der Waals surface area contributed by atoms with Gasteiger partial charge in [0.25, 0.3) is 0 Å². The number of benzene rings is 1. The maximum Gasteiger partial charge on any atom is 0.169 e. The van der Waals surface area contributed by atoms with Gasteiger partial charge in [-0.25, -0.2) is 0 Å². The fraction of sp³-hybridized carbons (Fsp3) is 0.611. The van der Waals surface area contributed by atoms with E-state index in [4.69, 9.17) is 9.47 Å². The lowest BCUT2D eigenvalue weighted by molar-refractivity contribution is -0.154. The first kappa shape index (κ1) is 16.0. The van der Waals surface area contributed by atoms with Crippen molar-refractivity contribution < 1.29 is 14.3 Å². The largest absolute Gasteiger partial charge is 0.486 e. The Morgan fingerprint density at radius 3 is 2.14 bits per heavy atom. The Kier molecular flexibility index (Phi) is 5.04. The van der Waals surface area contributed by atoms with Crippen LogP contribution in [0.4, 0.5) is 0 Å². The van der Waals surface area contributed by atoms with Gasteiger partial charge in [-0.15, -0.1) is 0 Å². The number of para-hydroxylation sites is 1. The molecule has 3 nitrogen and oxygen atoms in total. The van der Waals surface area contributed by atoms with E-state index in [1.807, 2.05) is 6.92 Å². The molecule has 0 heterocycles. The van der Waals surface area contributed by atoms with Crippen molar-refractivity contribution in [2.75, 3.05) is 6.61 Å². The Hall–Kier alpha value is -1.35. The van der Waals surface area contributed by atoms with Crippen molar-refractivity contribution in [3.63, 3.8) is 0 Å². The van der Waals surface area contributed by atoms with Crippen LogP contribution in [0.1, 0.15) is 64.0 Å². The number of carbonyl (C=O) groups excluding carboxylic acids is 1. The molecule has 2 atom stereocenters. The van der Waals surface area contributed by atoms with Crippen molar-refractivity contribution in [3.8, 4) is 5.75 Å². The number of Topliss-reactive ketones (excluding diaryl/α,β-unsaturated/α-hetero) is 1. The summed E-state index contributed by atoms with van der Waals surface area (Å²) in [6.45, 7) is 11.1. The normalized spacial score (nSPS) is 21.8. The van der Waals surface area contributed by atoms with E-state index in [2.05, 4.69) is 45.9 Å². The van der Waals surface area contributed by atoms with Crippen LogP contribution in [0, 0.1) is 0 Å². The molecular formula is C18H26O3. The van der Waals surface area contributed by atoms with E-state index in [9.17, 15) is 4.79 Å². The number of hydrogen-bond donors (Lipinski definition) is 0. The Morgan fingerprint density at radius 1 is 1.14 bits per heavy atom. The summed E-state index contributed by atoms with van der Waals surface area (Å²) >= 11 is 0. The molecule has 1 aromatic rings. The summed E-state index contributed by atoms with van der Waals surface area (Å²) in [5.74, 6) is 1.87. The SMILES string of the molecule is CCOC1C(=O)CC1Oc1c(C(C)C)cccc1C(C)C. The summed E-state index contributed by atoms with van der Waals surface area (Å²) < 4.78 is 11.7. The highest BCUT2D eigenvalue weighted by atomic mass is 16.5. The van der Waals surface area contributed by atoms with Crippen molar-refractivity contribution >= 4 is 5.78 Å². The van der Waals surface area contributed by atoms with E-state index in [0.717, 1.165) is 5.75 Å². The first-order valence-electron chi connectivity index (χ1n) is 7.89. The number of carbonyl (C=O) groups is 1. The zero-order valence-corrected chi connectivity index (χ0v) is 13.7. The molecule has 2 rings (SSSR count). The summed E-state index contributed by atoms with van der Waals surface area (Å²) in [6.07, 6.45) is -0.0840. The predicted octanol–water partition coefficient (Wildman–Crippen LogP) is 4.06. The quantitative estimate of drug-likeness (QED) is 0.792. The number of hydrogen-bond acceptors (Lipinski definition) is 3. The van der Waals surface area contributed by atoms with Crippen LogP contribution in [-0.2, 0) is 9.53 Å². The van der Waals surface area contributed by atoms with Gasteiger partial charge in [0.2, 0.25) is 0 Å². The van der Waals surface area contributed by atoms with Gasteiger partial charge in [0.15, 0.2) is 11.9 Å². The third-order valence-electron chi connectivity index (χ3n) is 3.99. The van der Waals surface area contributed by atoms with Crippen molar-refractivity contribution in [1.82, 2.24) is 0 Å². The van der Waals surface area contributed by atoms with Gasteiger partial charge in [-0.05, 0) is 29.9 Å². The van der Waals surface area contributed by atoms with Crippen LogP contribution < -0.4 is 4.74 Å². The number of ether oxygens (including phenoxy) is 2. The molecule has 0 saturated heterocycles. The molecule has 1 aliphatic rings. The van der Waals surface area contributed by atoms with Gasteiger partial charge in [-0.1, -0.05) is 45.9 Å². The van der Waals surface area contributed by atoms with E-state index in [-0.39, 0.29) is 11.9 Å². The van der Waals surface area contributed by atoms with E-state index in [1.54, 1.807) is 0 Å². The third kappa shape index (κ3) is 3.29. The Balaban J connectivity index is 2.28. The Morgan fingerprint density at radius 2 is 1.71 bits per heavy atom. The highest BCUT2D eigenvalue weighted by Crippen LogP contribution is 2.37. The molecule has 2 unspecified atom stereocenters. The predicted molar refractivity (Wildman–Crippen MR) is 84.1 cm³/mol. The van der Waals surface area contributed by atoms with Gasteiger partial charge in [0.05, 0.1) is 0 Å². The zero-order valence-electron chi connectivity index (χ0n) is 13.7. The average molecular weight is 290 g/mol. The molecule has 0 radical (unpaired) electrons. The molecule has 21 heavy (non-hydrogen) atoms. The van der Waals surface area contributed by atoms with Gasteiger partial charge >= 0.3 is 0 Å². The minimum atomic E-state index is -0.393. The molecule has 3 heteroatoms. The topological polar surface area (TPSA) is 35.5 Å². The first-order chi connectivity index (χ1) is 9.95. The molecule has 1 saturated carbocycles. The van der Waals surface area contributed by atoms with Gasteiger partial charge in [-0.2, -0.15) is 0 Å². The molecule has 1 aliphatic carbocycles. The van der Waals surface area contributed by atoms with E-state index < -0.39 is 6.10 Å². The van der Waals surface area contributed by atoms with Crippen molar-refractivity contribution in [3.05, 3.63) is 29.3 Å². The second-order valence-corrected chi connectivity index (χ2v) is 6.28. The molecule has 1 aromatic carbocycles. The van der Waals surface area contributed by atoms with E-state index in [1.165, 1.54) is 11.1 Å². The van der Waals surface area contributed by atoms with Crippen LogP contribution in [0.3, 0.4) is 0 Å². The maximum absolute atomic E-state index is 11.7. The second kappa shape index (κ2) is 6.61. The summed E-state index contributed by atoms with van der Waals surface area (Å²) in [7, 11) is 0. The lowest BCUT2D eigenvalue weighted by Gasteiger charge is -2.36. The summed E-state index contributed by atoms with van der Waals surface area (Å²) in [5.41, 5.74) is 2.41. The van der Waals surface area contributed by atoms with Crippen LogP contribution in [0.2, 0.25) is 0 Å². The van der Waals surface area contributed by atoms with Crippen molar-refractivity contribution in [2.24, 2.45) is 0 Å². The van der Waals surface area contributed by atoms with Crippen LogP contribution in [0.25, 0.3) is 0 Å². The number of rotatable bonds is 6. The molecule has 0 aliphatic heterocycles. The van der Waals surface area contributed by atoms with Gasteiger partial charge in [0, 0.05) is 13.0 Å². The maximum atomic E-state index is 11.7. The summed E-state index contributed by atoms with van der Waals surface area (Å²) in [6, 6.07) is 6.31. The van der Waals surface area contributed by atoms with Crippen LogP contribution in [-0.4, -0.2) is 24.6 Å². The summed E-state index contributed by atoms with van der Waals surface area (Å²) in [5, 5.41) is 0. The molecule has 0 amide bonds. The fourth-order valence-electron chi connectivity index (χ4n) is 2.72. The minimum absolute atomic E-state index is 0.144. The van der Waals surface area contributed by atoms with Crippen molar-refractivity contribution in [2.45, 2.75) is 65.1 Å². The Labute approximate surface area is 127 Å².